The fourth-order valence-electron chi connectivity index (χ4n) is 0.765. The molecular formula is C6H7FN4. The maximum Gasteiger partial charge on any atom is 0.109 e. The van der Waals surface area contributed by atoms with Gasteiger partial charge in [0, 0.05) is 0 Å². The van der Waals surface area contributed by atoms with Gasteiger partial charge in [0.2, 0.25) is 0 Å². The predicted molar refractivity (Wildman–Crippen MR) is 35.3 cm³/mol. The second kappa shape index (κ2) is 3.66. The second-order valence-electron chi connectivity index (χ2n) is 1.97. The molecule has 0 fully saturated rings. The van der Waals surface area contributed by atoms with Gasteiger partial charge in [-0.2, -0.15) is 5.26 Å². The Morgan fingerprint density at radius 1 is 1.73 bits per heavy atom. The van der Waals surface area contributed by atoms with Gasteiger partial charge in [0.15, 0.2) is 0 Å². The summed E-state index contributed by atoms with van der Waals surface area (Å²) in [4.78, 5) is 0. The zero-order valence-electron chi connectivity index (χ0n) is 5.87. The zero-order valence-corrected chi connectivity index (χ0v) is 5.87. The van der Waals surface area contributed by atoms with Crippen LogP contribution in [0.1, 0.15) is 5.69 Å². The summed E-state index contributed by atoms with van der Waals surface area (Å²) in [5.41, 5.74) is 0.658. The van der Waals surface area contributed by atoms with Crippen molar-refractivity contribution < 1.29 is 4.39 Å². The molecule has 0 atom stereocenters. The largest absolute Gasteiger partial charge is 0.249 e. The molecule has 0 aromatic carbocycles. The number of aryl methyl sites for hydroxylation is 1. The van der Waals surface area contributed by atoms with Crippen LogP contribution in [0.4, 0.5) is 4.39 Å². The van der Waals surface area contributed by atoms with Crippen LogP contribution in [0.25, 0.3) is 0 Å². The first kappa shape index (κ1) is 7.66. The molecule has 4 nitrogen and oxygen atoms in total. The second-order valence-corrected chi connectivity index (χ2v) is 1.97. The van der Waals surface area contributed by atoms with Crippen molar-refractivity contribution in [1.82, 2.24) is 15.0 Å². The Balaban J connectivity index is 2.71. The number of nitriles is 1. The molecule has 0 radical (unpaired) electrons. The van der Waals surface area contributed by atoms with E-state index in [0.717, 1.165) is 0 Å². The van der Waals surface area contributed by atoms with Gasteiger partial charge in [-0.25, -0.2) is 9.07 Å². The highest BCUT2D eigenvalue weighted by molar-refractivity contribution is 5.01. The predicted octanol–water partition coefficient (Wildman–Crippen LogP) is 0.314. The van der Waals surface area contributed by atoms with E-state index in [2.05, 4.69) is 10.3 Å². The lowest BCUT2D eigenvalue weighted by molar-refractivity contribution is 0.416. The van der Waals surface area contributed by atoms with Crippen molar-refractivity contribution in [2.24, 2.45) is 0 Å². The van der Waals surface area contributed by atoms with Crippen molar-refractivity contribution in [3.05, 3.63) is 11.9 Å². The zero-order chi connectivity index (χ0) is 8.10. The van der Waals surface area contributed by atoms with Crippen molar-refractivity contribution in [3.63, 3.8) is 0 Å². The van der Waals surface area contributed by atoms with Crippen LogP contribution in [0.15, 0.2) is 6.20 Å². The molecule has 0 saturated heterocycles. The van der Waals surface area contributed by atoms with Crippen LogP contribution in [0.3, 0.4) is 0 Å². The highest BCUT2D eigenvalue weighted by Crippen LogP contribution is 1.96. The minimum atomic E-state index is -0.484. The molecule has 0 amide bonds. The first-order chi connectivity index (χ1) is 5.38. The summed E-state index contributed by atoms with van der Waals surface area (Å²) < 4.78 is 13.2. The molecule has 0 aliphatic rings. The summed E-state index contributed by atoms with van der Waals surface area (Å²) >= 11 is 0. The molecule has 0 saturated carbocycles. The number of aromatic nitrogens is 3. The number of hydrogen-bond acceptors (Lipinski definition) is 3. The molecule has 0 spiro atoms. The van der Waals surface area contributed by atoms with Crippen LogP contribution in [0.2, 0.25) is 0 Å². The molecule has 11 heavy (non-hydrogen) atoms. The maximum atomic E-state index is 11.8. The molecule has 0 unspecified atom stereocenters. The van der Waals surface area contributed by atoms with Gasteiger partial charge < -0.3 is 0 Å². The van der Waals surface area contributed by atoms with Crippen molar-refractivity contribution in [3.8, 4) is 6.07 Å². The lowest BCUT2D eigenvalue weighted by Gasteiger charge is -1.97. The number of rotatable bonds is 3. The lowest BCUT2D eigenvalue weighted by Crippen LogP contribution is -2.05. The SMILES string of the molecule is N#CCc1cnnn1CCF. The number of hydrogen-bond donors (Lipinski definition) is 0. The molecule has 1 aromatic rings. The minimum absolute atomic E-state index is 0.178. The highest BCUT2D eigenvalue weighted by atomic mass is 19.1. The Labute approximate surface area is 63.2 Å². The van der Waals surface area contributed by atoms with E-state index in [4.69, 9.17) is 5.26 Å². The van der Waals surface area contributed by atoms with E-state index in [1.54, 1.807) is 0 Å². The molecular weight excluding hydrogens is 147 g/mol. The summed E-state index contributed by atoms with van der Waals surface area (Å²) in [5.74, 6) is 0. The van der Waals surface area contributed by atoms with Gasteiger partial charge in [-0.3, -0.25) is 0 Å². The Morgan fingerprint density at radius 2 is 2.55 bits per heavy atom. The topological polar surface area (TPSA) is 54.5 Å². The van der Waals surface area contributed by atoms with Crippen LogP contribution in [0.5, 0.6) is 0 Å². The third-order valence-electron chi connectivity index (χ3n) is 1.25. The van der Waals surface area contributed by atoms with Crippen molar-refractivity contribution in [2.75, 3.05) is 6.67 Å². The van der Waals surface area contributed by atoms with E-state index >= 15 is 0 Å². The average molecular weight is 154 g/mol. The van der Waals surface area contributed by atoms with E-state index in [-0.39, 0.29) is 13.0 Å². The van der Waals surface area contributed by atoms with E-state index in [9.17, 15) is 4.39 Å². The summed E-state index contributed by atoms with van der Waals surface area (Å²) in [6.45, 7) is -0.307. The van der Waals surface area contributed by atoms with Gasteiger partial charge in [-0.1, -0.05) is 5.21 Å². The Kier molecular flexibility index (Phi) is 2.55. The third-order valence-corrected chi connectivity index (χ3v) is 1.25. The number of nitrogens with zero attached hydrogens (tertiary/aromatic N) is 4. The first-order valence-electron chi connectivity index (χ1n) is 3.18. The quantitative estimate of drug-likeness (QED) is 0.629. The Morgan fingerprint density at radius 3 is 3.18 bits per heavy atom. The molecule has 1 aromatic heterocycles. The lowest BCUT2D eigenvalue weighted by atomic mass is 10.3. The van der Waals surface area contributed by atoms with Crippen LogP contribution in [-0.2, 0) is 13.0 Å². The Hall–Kier alpha value is -1.44. The molecule has 0 bridgehead atoms. The van der Waals surface area contributed by atoms with Gasteiger partial charge in [0.05, 0.1) is 30.9 Å². The maximum absolute atomic E-state index is 11.8. The molecule has 1 rings (SSSR count). The van der Waals surface area contributed by atoms with Gasteiger partial charge >= 0.3 is 0 Å². The molecule has 0 N–H and O–H groups in total. The first-order valence-corrected chi connectivity index (χ1v) is 3.18. The smallest absolute Gasteiger partial charge is 0.109 e. The van der Waals surface area contributed by atoms with Crippen molar-refractivity contribution >= 4 is 0 Å². The fraction of sp³-hybridized carbons (Fsp3) is 0.500. The normalized spacial score (nSPS) is 9.45. The van der Waals surface area contributed by atoms with Gasteiger partial charge in [0.1, 0.15) is 6.67 Å². The summed E-state index contributed by atoms with van der Waals surface area (Å²) in [5, 5.41) is 15.5. The summed E-state index contributed by atoms with van der Waals surface area (Å²) in [6, 6.07) is 1.95. The van der Waals surface area contributed by atoms with Crippen LogP contribution >= 0.6 is 0 Å². The van der Waals surface area contributed by atoms with E-state index < -0.39 is 6.67 Å². The third kappa shape index (κ3) is 1.74. The van der Waals surface area contributed by atoms with E-state index in [1.165, 1.54) is 10.9 Å². The average Bonchev–Trinajstić information content (AvgIpc) is 2.39. The Bertz CT molecular complexity index is 262. The standard InChI is InChI=1S/C6H7FN4/c7-2-4-11-6(1-3-8)5-9-10-11/h5H,1-2,4H2. The molecule has 0 aliphatic heterocycles. The summed E-state index contributed by atoms with van der Waals surface area (Å²) in [7, 11) is 0. The van der Waals surface area contributed by atoms with E-state index in [0.29, 0.717) is 5.69 Å². The van der Waals surface area contributed by atoms with Gasteiger partial charge in [-0.15, -0.1) is 5.10 Å². The van der Waals surface area contributed by atoms with Gasteiger partial charge in [0.25, 0.3) is 0 Å². The van der Waals surface area contributed by atoms with Crippen LogP contribution in [0, 0.1) is 11.3 Å². The molecule has 0 aliphatic carbocycles. The summed E-state index contributed by atoms with van der Waals surface area (Å²) in [6.07, 6.45) is 1.70. The molecule has 58 valence electrons. The minimum Gasteiger partial charge on any atom is -0.249 e. The van der Waals surface area contributed by atoms with Crippen molar-refractivity contribution in [1.29, 1.82) is 5.26 Å². The number of alkyl halides is 1. The number of halogens is 1. The highest BCUT2D eigenvalue weighted by Gasteiger charge is 2.01. The molecule has 5 heteroatoms. The monoisotopic (exact) mass is 154 g/mol. The fourth-order valence-corrected chi connectivity index (χ4v) is 0.765. The van der Waals surface area contributed by atoms with Crippen LogP contribution in [-0.4, -0.2) is 21.7 Å². The van der Waals surface area contributed by atoms with Gasteiger partial charge in [-0.05, 0) is 0 Å². The molecule has 1 heterocycles. The van der Waals surface area contributed by atoms with E-state index in [1.807, 2.05) is 6.07 Å². The van der Waals surface area contributed by atoms with Crippen LogP contribution < -0.4 is 0 Å². The van der Waals surface area contributed by atoms with Crippen molar-refractivity contribution in [2.45, 2.75) is 13.0 Å².